The molecule has 1 fully saturated rings. The molecule has 1 N–H and O–H groups in total. The second-order valence-electron chi connectivity index (χ2n) is 7.31. The van der Waals surface area contributed by atoms with Gasteiger partial charge in [-0.05, 0) is 30.5 Å². The summed E-state index contributed by atoms with van der Waals surface area (Å²) in [6, 6.07) is 17.0. The second kappa shape index (κ2) is 6.69. The third kappa shape index (κ3) is 2.56. The largest absolute Gasteiger partial charge is 0.312 e. The van der Waals surface area contributed by atoms with Crippen LogP contribution in [0.25, 0.3) is 0 Å². The van der Waals surface area contributed by atoms with Crippen LogP contribution in [0.15, 0.2) is 54.6 Å². The van der Waals surface area contributed by atoms with Crippen molar-refractivity contribution in [3.8, 4) is 0 Å². The smallest absolute Gasteiger partial charge is 0.259 e. The zero-order valence-corrected chi connectivity index (χ0v) is 15.1. The van der Waals surface area contributed by atoms with E-state index in [4.69, 9.17) is 0 Å². The van der Waals surface area contributed by atoms with Crippen molar-refractivity contribution in [1.29, 1.82) is 0 Å². The maximum Gasteiger partial charge on any atom is 0.259 e. The average molecular weight is 348 g/mol. The molecule has 2 aromatic carbocycles. The van der Waals surface area contributed by atoms with Crippen molar-refractivity contribution in [2.45, 2.75) is 43.7 Å². The number of benzene rings is 2. The number of carbonyl (C=O) groups is 2. The van der Waals surface area contributed by atoms with E-state index in [0.29, 0.717) is 11.3 Å². The monoisotopic (exact) mass is 348 g/mol. The van der Waals surface area contributed by atoms with E-state index in [-0.39, 0.29) is 17.7 Å². The van der Waals surface area contributed by atoms with Gasteiger partial charge in [-0.15, -0.1) is 0 Å². The number of hydrogen-bond acceptors (Lipinski definition) is 3. The Hall–Kier alpha value is -2.46. The molecule has 1 heterocycles. The van der Waals surface area contributed by atoms with E-state index < -0.39 is 5.54 Å². The molecule has 0 aromatic heterocycles. The Morgan fingerprint density at radius 3 is 2.31 bits per heavy atom. The highest BCUT2D eigenvalue weighted by molar-refractivity contribution is 6.28. The summed E-state index contributed by atoms with van der Waals surface area (Å²) in [5.74, 6) is -0.342. The van der Waals surface area contributed by atoms with Gasteiger partial charge < -0.3 is 4.90 Å². The number of fused-ring (bicyclic) bond motifs is 1. The summed E-state index contributed by atoms with van der Waals surface area (Å²) in [6.45, 7) is 0. The number of anilines is 1. The summed E-state index contributed by atoms with van der Waals surface area (Å²) in [5.41, 5.74) is 0.662. The van der Waals surface area contributed by atoms with Crippen LogP contribution in [0.4, 0.5) is 5.69 Å². The number of nitrogens with zero attached hydrogens (tertiary/aromatic N) is 1. The molecule has 1 saturated carbocycles. The van der Waals surface area contributed by atoms with Crippen LogP contribution in [0.3, 0.4) is 0 Å². The van der Waals surface area contributed by atoms with Gasteiger partial charge in [0.25, 0.3) is 5.91 Å². The number of carbonyl (C=O) groups excluding carboxylic acids is 2. The molecule has 4 nitrogen and oxygen atoms in total. The molecule has 1 unspecified atom stereocenters. The first kappa shape index (κ1) is 17.0. The van der Waals surface area contributed by atoms with Crippen LogP contribution in [-0.4, -0.2) is 24.8 Å². The summed E-state index contributed by atoms with van der Waals surface area (Å²) in [7, 11) is 1.76. The lowest BCUT2D eigenvalue weighted by molar-refractivity contribution is -0.124. The molecule has 134 valence electrons. The first-order valence-electron chi connectivity index (χ1n) is 9.40. The van der Waals surface area contributed by atoms with Crippen molar-refractivity contribution in [2.75, 3.05) is 11.9 Å². The molecule has 0 saturated heterocycles. The van der Waals surface area contributed by atoms with Gasteiger partial charge in [0.15, 0.2) is 11.3 Å². The van der Waals surface area contributed by atoms with E-state index >= 15 is 0 Å². The SMILES string of the molecule is CN1C(=O)C(NC2CCCCC2)(c2ccccc2)C(=O)c2ccccc21. The Balaban J connectivity index is 1.87. The van der Waals surface area contributed by atoms with Crippen molar-refractivity contribution in [2.24, 2.45) is 0 Å². The van der Waals surface area contributed by atoms with Crippen molar-refractivity contribution < 1.29 is 9.59 Å². The highest BCUT2D eigenvalue weighted by Crippen LogP contribution is 2.39. The Morgan fingerprint density at radius 1 is 0.923 bits per heavy atom. The number of ketones is 1. The van der Waals surface area contributed by atoms with Crippen LogP contribution in [0.2, 0.25) is 0 Å². The Bertz CT molecular complexity index is 827. The fourth-order valence-corrected chi connectivity index (χ4v) is 4.32. The lowest BCUT2D eigenvalue weighted by Gasteiger charge is -2.43. The van der Waals surface area contributed by atoms with Crippen molar-refractivity contribution >= 4 is 17.4 Å². The number of likely N-dealkylation sites (N-methyl/N-ethyl adjacent to an activating group) is 1. The normalized spacial score (nSPS) is 23.8. The van der Waals surface area contributed by atoms with Gasteiger partial charge in [0.2, 0.25) is 0 Å². The molecule has 0 spiro atoms. The highest BCUT2D eigenvalue weighted by Gasteiger charge is 2.54. The third-order valence-corrected chi connectivity index (χ3v) is 5.71. The van der Waals surface area contributed by atoms with Crippen molar-refractivity contribution in [3.63, 3.8) is 0 Å². The molecule has 0 bridgehead atoms. The topological polar surface area (TPSA) is 49.4 Å². The molecule has 26 heavy (non-hydrogen) atoms. The fraction of sp³-hybridized carbons (Fsp3) is 0.364. The van der Waals surface area contributed by atoms with Crippen LogP contribution in [0, 0.1) is 0 Å². The number of Topliss-reactive ketones (excluding diaryl/α,β-unsaturated/α-hetero) is 1. The van der Waals surface area contributed by atoms with E-state index in [1.807, 2.05) is 54.6 Å². The fourth-order valence-electron chi connectivity index (χ4n) is 4.32. The van der Waals surface area contributed by atoms with Crippen LogP contribution >= 0.6 is 0 Å². The first-order valence-corrected chi connectivity index (χ1v) is 9.40. The highest BCUT2D eigenvalue weighted by atomic mass is 16.2. The predicted molar refractivity (Wildman–Crippen MR) is 102 cm³/mol. The Kier molecular flexibility index (Phi) is 4.37. The zero-order chi connectivity index (χ0) is 18.1. The second-order valence-corrected chi connectivity index (χ2v) is 7.31. The van der Waals surface area contributed by atoms with Gasteiger partial charge in [0.1, 0.15) is 0 Å². The van der Waals surface area contributed by atoms with Crippen LogP contribution in [0.5, 0.6) is 0 Å². The molecule has 1 aliphatic heterocycles. The number of rotatable bonds is 3. The number of amides is 1. The van der Waals surface area contributed by atoms with Gasteiger partial charge in [-0.1, -0.05) is 61.7 Å². The molecule has 1 atom stereocenters. The molecular formula is C22H24N2O2. The molecule has 0 radical (unpaired) electrons. The number of hydrogen-bond donors (Lipinski definition) is 1. The van der Waals surface area contributed by atoms with Gasteiger partial charge in [-0.3, -0.25) is 14.9 Å². The van der Waals surface area contributed by atoms with E-state index in [1.54, 1.807) is 11.9 Å². The minimum absolute atomic E-state index is 0.145. The summed E-state index contributed by atoms with van der Waals surface area (Å²) in [4.78, 5) is 28.8. The van der Waals surface area contributed by atoms with Gasteiger partial charge in [0.05, 0.1) is 5.69 Å². The molecule has 1 amide bonds. The Labute approximate surface area is 154 Å². The summed E-state index contributed by atoms with van der Waals surface area (Å²) < 4.78 is 0. The molecule has 1 aliphatic carbocycles. The molecular weight excluding hydrogens is 324 g/mol. The molecule has 4 rings (SSSR count). The number of nitrogens with one attached hydrogen (secondary N) is 1. The van der Waals surface area contributed by atoms with Crippen LogP contribution < -0.4 is 10.2 Å². The summed E-state index contributed by atoms with van der Waals surface area (Å²) in [6.07, 6.45) is 5.50. The quantitative estimate of drug-likeness (QED) is 0.861. The minimum Gasteiger partial charge on any atom is -0.312 e. The average Bonchev–Trinajstić information content (AvgIpc) is 2.71. The first-order chi connectivity index (χ1) is 12.6. The van der Waals surface area contributed by atoms with Gasteiger partial charge in [-0.2, -0.15) is 0 Å². The molecule has 4 heteroatoms. The van der Waals surface area contributed by atoms with Gasteiger partial charge >= 0.3 is 0 Å². The van der Waals surface area contributed by atoms with Gasteiger partial charge in [-0.25, -0.2) is 0 Å². The number of para-hydroxylation sites is 1. The lowest BCUT2D eigenvalue weighted by atomic mass is 9.76. The summed E-state index contributed by atoms with van der Waals surface area (Å²) >= 11 is 0. The van der Waals surface area contributed by atoms with E-state index in [0.717, 1.165) is 31.2 Å². The molecule has 2 aromatic rings. The van der Waals surface area contributed by atoms with Crippen molar-refractivity contribution in [1.82, 2.24) is 5.32 Å². The maximum absolute atomic E-state index is 13.7. The third-order valence-electron chi connectivity index (χ3n) is 5.71. The van der Waals surface area contributed by atoms with Crippen LogP contribution in [0.1, 0.15) is 48.0 Å². The van der Waals surface area contributed by atoms with E-state index in [1.165, 1.54) is 6.42 Å². The lowest BCUT2D eigenvalue weighted by Crippen LogP contribution is -2.65. The summed E-state index contributed by atoms with van der Waals surface area (Å²) in [5, 5.41) is 3.52. The maximum atomic E-state index is 13.7. The van der Waals surface area contributed by atoms with E-state index in [9.17, 15) is 9.59 Å². The standard InChI is InChI=1S/C22H24N2O2/c1-24-19-15-9-8-14-18(19)20(25)22(21(24)26,16-10-4-2-5-11-16)23-17-12-6-3-7-13-17/h2,4-5,8-11,14-15,17,23H,3,6-7,12-13H2,1H3. The minimum atomic E-state index is -1.34. The zero-order valence-electron chi connectivity index (χ0n) is 15.1. The van der Waals surface area contributed by atoms with Crippen LogP contribution in [-0.2, 0) is 10.3 Å². The molecule has 2 aliphatic rings. The van der Waals surface area contributed by atoms with Crippen molar-refractivity contribution in [3.05, 3.63) is 65.7 Å². The van der Waals surface area contributed by atoms with Gasteiger partial charge in [0, 0.05) is 18.7 Å². The van der Waals surface area contributed by atoms with E-state index in [2.05, 4.69) is 5.32 Å². The predicted octanol–water partition coefficient (Wildman–Crippen LogP) is 3.66. The Morgan fingerprint density at radius 2 is 1.58 bits per heavy atom.